The average molecular weight is 210 g/mol. The summed E-state index contributed by atoms with van der Waals surface area (Å²) in [6.45, 7) is 5.19. The molecule has 86 valence electrons. The lowest BCUT2D eigenvalue weighted by Crippen LogP contribution is -2.22. The minimum absolute atomic E-state index is 0.906. The summed E-state index contributed by atoms with van der Waals surface area (Å²) in [7, 11) is 4.11. The van der Waals surface area contributed by atoms with Crippen molar-refractivity contribution in [2.75, 3.05) is 27.2 Å². The van der Waals surface area contributed by atoms with E-state index in [-0.39, 0.29) is 0 Å². The first-order chi connectivity index (χ1) is 7.26. The Morgan fingerprint density at radius 1 is 1.33 bits per heavy atom. The van der Waals surface area contributed by atoms with Gasteiger partial charge in [0.25, 0.3) is 0 Å². The quantitative estimate of drug-likeness (QED) is 0.697. The lowest BCUT2D eigenvalue weighted by molar-refractivity contribution is 0.287. The third-order valence-corrected chi connectivity index (χ3v) is 2.46. The molecule has 1 heterocycles. The van der Waals surface area contributed by atoms with Gasteiger partial charge >= 0.3 is 0 Å². The van der Waals surface area contributed by atoms with E-state index in [0.717, 1.165) is 37.6 Å². The van der Waals surface area contributed by atoms with Crippen LogP contribution in [0.2, 0.25) is 0 Å². The Morgan fingerprint density at radius 2 is 2.07 bits per heavy atom. The maximum atomic E-state index is 5.65. The standard InChI is InChI=1S/C12H22N2O/c1-4-11-6-7-12(15-11)10-14(3)9-5-8-13-2/h6-7,13H,4-5,8-10H2,1-3H3. The van der Waals surface area contributed by atoms with Crippen molar-refractivity contribution < 1.29 is 4.42 Å². The molecule has 1 aromatic rings. The van der Waals surface area contributed by atoms with Gasteiger partial charge in [-0.15, -0.1) is 0 Å². The first-order valence-corrected chi connectivity index (χ1v) is 5.67. The maximum Gasteiger partial charge on any atom is 0.118 e. The van der Waals surface area contributed by atoms with E-state index in [2.05, 4.69) is 36.3 Å². The third kappa shape index (κ3) is 4.49. The van der Waals surface area contributed by atoms with Gasteiger partial charge in [-0.2, -0.15) is 0 Å². The molecule has 0 aliphatic carbocycles. The Kier molecular flexibility index (Phi) is 5.43. The summed E-state index contributed by atoms with van der Waals surface area (Å²) < 4.78 is 5.65. The van der Waals surface area contributed by atoms with Crippen LogP contribution in [-0.2, 0) is 13.0 Å². The van der Waals surface area contributed by atoms with Gasteiger partial charge in [-0.1, -0.05) is 6.92 Å². The van der Waals surface area contributed by atoms with Gasteiger partial charge in [-0.25, -0.2) is 0 Å². The van der Waals surface area contributed by atoms with E-state index in [1.165, 1.54) is 6.42 Å². The minimum Gasteiger partial charge on any atom is -0.465 e. The predicted molar refractivity (Wildman–Crippen MR) is 63.0 cm³/mol. The second-order valence-corrected chi connectivity index (χ2v) is 3.92. The third-order valence-electron chi connectivity index (χ3n) is 2.46. The zero-order valence-electron chi connectivity index (χ0n) is 10.0. The van der Waals surface area contributed by atoms with Crippen molar-refractivity contribution in [3.63, 3.8) is 0 Å². The van der Waals surface area contributed by atoms with Crippen LogP contribution in [-0.4, -0.2) is 32.1 Å². The fourth-order valence-corrected chi connectivity index (χ4v) is 1.57. The van der Waals surface area contributed by atoms with Gasteiger partial charge in [-0.05, 0) is 45.7 Å². The van der Waals surface area contributed by atoms with Crippen molar-refractivity contribution in [3.8, 4) is 0 Å². The van der Waals surface area contributed by atoms with Crippen molar-refractivity contribution in [3.05, 3.63) is 23.7 Å². The van der Waals surface area contributed by atoms with Crippen LogP contribution >= 0.6 is 0 Å². The second-order valence-electron chi connectivity index (χ2n) is 3.92. The smallest absolute Gasteiger partial charge is 0.118 e. The molecular formula is C12H22N2O. The fraction of sp³-hybridized carbons (Fsp3) is 0.667. The van der Waals surface area contributed by atoms with Crippen molar-refractivity contribution in [1.29, 1.82) is 0 Å². The molecule has 0 fully saturated rings. The highest BCUT2D eigenvalue weighted by molar-refractivity contribution is 5.06. The molecule has 0 bridgehead atoms. The summed E-state index contributed by atoms with van der Waals surface area (Å²) in [6.07, 6.45) is 2.15. The number of hydrogen-bond acceptors (Lipinski definition) is 3. The first-order valence-electron chi connectivity index (χ1n) is 5.67. The van der Waals surface area contributed by atoms with Gasteiger partial charge in [0, 0.05) is 6.42 Å². The van der Waals surface area contributed by atoms with E-state index < -0.39 is 0 Å². The molecule has 0 radical (unpaired) electrons. The summed E-state index contributed by atoms with van der Waals surface area (Å²) in [6, 6.07) is 4.14. The molecule has 1 rings (SSSR count). The molecule has 0 saturated heterocycles. The van der Waals surface area contributed by atoms with Crippen LogP contribution in [0.5, 0.6) is 0 Å². The Morgan fingerprint density at radius 3 is 2.67 bits per heavy atom. The Labute approximate surface area is 92.5 Å². The van der Waals surface area contributed by atoms with Crippen LogP contribution in [0.1, 0.15) is 24.9 Å². The Balaban J connectivity index is 2.27. The van der Waals surface area contributed by atoms with E-state index in [4.69, 9.17) is 4.42 Å². The highest BCUT2D eigenvalue weighted by atomic mass is 16.3. The molecule has 0 aliphatic heterocycles. The number of rotatable bonds is 7. The van der Waals surface area contributed by atoms with Gasteiger partial charge in [0.15, 0.2) is 0 Å². The van der Waals surface area contributed by atoms with E-state index >= 15 is 0 Å². The molecule has 3 heteroatoms. The molecule has 0 amide bonds. The molecule has 0 aromatic carbocycles. The second kappa shape index (κ2) is 6.64. The number of nitrogens with one attached hydrogen (secondary N) is 1. The zero-order valence-corrected chi connectivity index (χ0v) is 10.0. The summed E-state index contributed by atoms with van der Waals surface area (Å²) in [5.41, 5.74) is 0. The molecule has 0 spiro atoms. The van der Waals surface area contributed by atoms with E-state index in [1.807, 2.05) is 7.05 Å². The molecule has 0 saturated carbocycles. The first kappa shape index (κ1) is 12.3. The van der Waals surface area contributed by atoms with Gasteiger partial charge in [0.05, 0.1) is 6.54 Å². The normalized spacial score (nSPS) is 11.2. The SMILES string of the molecule is CCc1ccc(CN(C)CCCNC)o1. The molecule has 1 N–H and O–H groups in total. The number of hydrogen-bond donors (Lipinski definition) is 1. The largest absolute Gasteiger partial charge is 0.465 e. The maximum absolute atomic E-state index is 5.65. The average Bonchev–Trinajstić information content (AvgIpc) is 2.66. The molecular weight excluding hydrogens is 188 g/mol. The van der Waals surface area contributed by atoms with Crippen LogP contribution in [0.25, 0.3) is 0 Å². The molecule has 0 aliphatic rings. The van der Waals surface area contributed by atoms with E-state index in [9.17, 15) is 0 Å². The van der Waals surface area contributed by atoms with Gasteiger partial charge in [0.1, 0.15) is 11.5 Å². The van der Waals surface area contributed by atoms with Crippen LogP contribution in [0.3, 0.4) is 0 Å². The Hall–Kier alpha value is -0.800. The van der Waals surface area contributed by atoms with Crippen molar-refractivity contribution >= 4 is 0 Å². The molecule has 1 aromatic heterocycles. The van der Waals surface area contributed by atoms with Crippen LogP contribution in [0.15, 0.2) is 16.5 Å². The van der Waals surface area contributed by atoms with Crippen molar-refractivity contribution in [1.82, 2.24) is 10.2 Å². The fourth-order valence-electron chi connectivity index (χ4n) is 1.57. The van der Waals surface area contributed by atoms with Crippen molar-refractivity contribution in [2.24, 2.45) is 0 Å². The monoisotopic (exact) mass is 210 g/mol. The summed E-state index contributed by atoms with van der Waals surface area (Å²) in [4.78, 5) is 2.29. The van der Waals surface area contributed by atoms with Crippen molar-refractivity contribution in [2.45, 2.75) is 26.3 Å². The van der Waals surface area contributed by atoms with E-state index in [0.29, 0.717) is 0 Å². The van der Waals surface area contributed by atoms with Crippen LogP contribution in [0.4, 0.5) is 0 Å². The Bertz CT molecular complexity index is 270. The number of aryl methyl sites for hydroxylation is 1. The van der Waals surface area contributed by atoms with Gasteiger partial charge in [0.2, 0.25) is 0 Å². The molecule has 0 unspecified atom stereocenters. The van der Waals surface area contributed by atoms with Gasteiger partial charge in [-0.3, -0.25) is 4.90 Å². The highest BCUT2D eigenvalue weighted by Gasteiger charge is 2.04. The number of nitrogens with zero attached hydrogens (tertiary/aromatic N) is 1. The highest BCUT2D eigenvalue weighted by Crippen LogP contribution is 2.10. The summed E-state index contributed by atoms with van der Waals surface area (Å²) in [5, 5.41) is 3.15. The topological polar surface area (TPSA) is 28.4 Å². The minimum atomic E-state index is 0.906. The lowest BCUT2D eigenvalue weighted by atomic mass is 10.3. The van der Waals surface area contributed by atoms with Gasteiger partial charge < -0.3 is 9.73 Å². The molecule has 3 nitrogen and oxygen atoms in total. The summed E-state index contributed by atoms with van der Waals surface area (Å²) in [5.74, 6) is 2.15. The van der Waals surface area contributed by atoms with Crippen LogP contribution in [0, 0.1) is 0 Å². The lowest BCUT2D eigenvalue weighted by Gasteiger charge is -2.14. The van der Waals surface area contributed by atoms with Crippen LogP contribution < -0.4 is 5.32 Å². The number of furan rings is 1. The summed E-state index contributed by atoms with van der Waals surface area (Å²) >= 11 is 0. The molecule has 15 heavy (non-hydrogen) atoms. The predicted octanol–water partition coefficient (Wildman–Crippen LogP) is 1.88. The zero-order chi connectivity index (χ0) is 11.1. The molecule has 0 atom stereocenters. The van der Waals surface area contributed by atoms with E-state index in [1.54, 1.807) is 0 Å².